The topological polar surface area (TPSA) is 75.3 Å². The van der Waals surface area contributed by atoms with Crippen molar-refractivity contribution in [3.8, 4) is 0 Å². The van der Waals surface area contributed by atoms with Gasteiger partial charge in [-0.25, -0.2) is 17.2 Å². The molecule has 5 nitrogen and oxygen atoms in total. The Morgan fingerprint density at radius 3 is 2.35 bits per heavy atom. The summed E-state index contributed by atoms with van der Waals surface area (Å²) in [5, 5.41) is 2.59. The zero-order valence-corrected chi connectivity index (χ0v) is 15.0. The molecule has 1 unspecified atom stereocenters. The molecule has 8 heteroatoms. The van der Waals surface area contributed by atoms with E-state index < -0.39 is 33.6 Å². The van der Waals surface area contributed by atoms with E-state index in [0.29, 0.717) is 11.3 Å². The van der Waals surface area contributed by atoms with E-state index in [1.54, 1.807) is 31.2 Å². The number of sulfonamides is 1. The molecule has 0 bridgehead atoms. The summed E-state index contributed by atoms with van der Waals surface area (Å²) in [4.78, 5) is 11.9. The molecule has 1 amide bonds. The summed E-state index contributed by atoms with van der Waals surface area (Å²) in [6.45, 7) is 1.59. The van der Waals surface area contributed by atoms with Crippen molar-refractivity contribution < 1.29 is 22.0 Å². The molecule has 2 aromatic rings. The number of benzene rings is 2. The Labute approximate surface area is 150 Å². The van der Waals surface area contributed by atoms with Gasteiger partial charge in [-0.3, -0.25) is 9.52 Å². The van der Waals surface area contributed by atoms with Crippen LogP contribution < -0.4 is 10.0 Å². The van der Waals surface area contributed by atoms with Crippen molar-refractivity contribution >= 4 is 27.7 Å². The van der Waals surface area contributed by atoms with Crippen LogP contribution >= 0.6 is 0 Å². The first kappa shape index (κ1) is 19.6. The predicted molar refractivity (Wildman–Crippen MR) is 96.9 cm³/mol. The van der Waals surface area contributed by atoms with Gasteiger partial charge in [0.2, 0.25) is 15.9 Å². The molecule has 0 aliphatic rings. The van der Waals surface area contributed by atoms with Gasteiger partial charge in [0.1, 0.15) is 11.6 Å². The highest BCUT2D eigenvalue weighted by Crippen LogP contribution is 2.18. The molecule has 2 aromatic carbocycles. The van der Waals surface area contributed by atoms with Gasteiger partial charge in [0.05, 0.1) is 12.3 Å². The Balaban J connectivity index is 1.98. The van der Waals surface area contributed by atoms with E-state index in [1.807, 2.05) is 0 Å². The number of carbonyl (C=O) groups is 1. The lowest BCUT2D eigenvalue weighted by Gasteiger charge is -2.13. The number of hydrogen-bond acceptors (Lipinski definition) is 3. The van der Waals surface area contributed by atoms with E-state index >= 15 is 0 Å². The van der Waals surface area contributed by atoms with E-state index in [2.05, 4.69) is 10.0 Å². The lowest BCUT2D eigenvalue weighted by Crippen LogP contribution is -2.25. The minimum atomic E-state index is -3.35. The molecule has 0 heterocycles. The standard InChI is InChI=1S/C18H18F2N2O3S/c1-12(16-9-6-14(19)11-17(16)20)21-18(23)10-5-13-3-7-15(8-4-13)22-26(2,24)25/h3-12,22H,1-2H3,(H,21,23)/b10-5+. The molecule has 0 saturated heterocycles. The first-order chi connectivity index (χ1) is 12.1. The summed E-state index contributed by atoms with van der Waals surface area (Å²) in [7, 11) is -3.35. The summed E-state index contributed by atoms with van der Waals surface area (Å²) in [6, 6.07) is 8.95. The highest BCUT2D eigenvalue weighted by Gasteiger charge is 2.13. The van der Waals surface area contributed by atoms with Gasteiger partial charge in [0.25, 0.3) is 0 Å². The quantitative estimate of drug-likeness (QED) is 0.756. The zero-order chi connectivity index (χ0) is 19.3. The average Bonchev–Trinajstić information content (AvgIpc) is 2.52. The van der Waals surface area contributed by atoms with Crippen LogP contribution in [0.2, 0.25) is 0 Å². The fraction of sp³-hybridized carbons (Fsp3) is 0.167. The molecular formula is C18H18F2N2O3S. The molecule has 2 N–H and O–H groups in total. The van der Waals surface area contributed by atoms with Gasteiger partial charge >= 0.3 is 0 Å². The number of halogens is 2. The van der Waals surface area contributed by atoms with Crippen molar-refractivity contribution in [1.82, 2.24) is 5.32 Å². The molecule has 0 spiro atoms. The number of hydrogen-bond donors (Lipinski definition) is 2. The van der Waals surface area contributed by atoms with Crippen LogP contribution in [0, 0.1) is 11.6 Å². The third-order valence-corrected chi connectivity index (χ3v) is 4.04. The van der Waals surface area contributed by atoms with Crippen LogP contribution in [-0.2, 0) is 14.8 Å². The van der Waals surface area contributed by atoms with E-state index in [9.17, 15) is 22.0 Å². The maximum absolute atomic E-state index is 13.7. The first-order valence-electron chi connectivity index (χ1n) is 7.65. The van der Waals surface area contributed by atoms with Crippen LogP contribution in [0.25, 0.3) is 6.08 Å². The number of amides is 1. The summed E-state index contributed by atoms with van der Waals surface area (Å²) in [6.07, 6.45) is 3.86. The first-order valence-corrected chi connectivity index (χ1v) is 9.54. The average molecular weight is 380 g/mol. The summed E-state index contributed by atoms with van der Waals surface area (Å²) in [5.74, 6) is -1.85. The molecule has 0 aliphatic carbocycles. The maximum Gasteiger partial charge on any atom is 0.244 e. The summed E-state index contributed by atoms with van der Waals surface area (Å²) >= 11 is 0. The monoisotopic (exact) mass is 380 g/mol. The molecule has 0 radical (unpaired) electrons. The van der Waals surface area contributed by atoms with Crippen LogP contribution in [0.15, 0.2) is 48.5 Å². The fourth-order valence-corrected chi connectivity index (χ4v) is 2.80. The van der Waals surface area contributed by atoms with Gasteiger partial charge in [-0.1, -0.05) is 18.2 Å². The lowest BCUT2D eigenvalue weighted by atomic mass is 10.1. The van der Waals surface area contributed by atoms with Crippen molar-refractivity contribution in [3.63, 3.8) is 0 Å². The van der Waals surface area contributed by atoms with Crippen LogP contribution in [-0.4, -0.2) is 20.6 Å². The zero-order valence-electron chi connectivity index (χ0n) is 14.2. The number of anilines is 1. The van der Waals surface area contributed by atoms with Crippen molar-refractivity contribution in [2.24, 2.45) is 0 Å². The Hall–Kier alpha value is -2.74. The van der Waals surface area contributed by atoms with Crippen molar-refractivity contribution in [2.45, 2.75) is 13.0 Å². The smallest absolute Gasteiger partial charge is 0.244 e. The minimum Gasteiger partial charge on any atom is -0.346 e. The molecule has 0 saturated carbocycles. The predicted octanol–water partition coefficient (Wildman–Crippen LogP) is 3.23. The summed E-state index contributed by atoms with van der Waals surface area (Å²) < 4.78 is 51.2. The van der Waals surface area contributed by atoms with Crippen molar-refractivity contribution in [1.29, 1.82) is 0 Å². The second kappa shape index (κ2) is 8.09. The van der Waals surface area contributed by atoms with Crippen molar-refractivity contribution in [3.05, 3.63) is 71.3 Å². The van der Waals surface area contributed by atoms with Gasteiger partial charge in [-0.15, -0.1) is 0 Å². The van der Waals surface area contributed by atoms with Gasteiger partial charge in [-0.2, -0.15) is 0 Å². The Morgan fingerprint density at radius 2 is 1.77 bits per heavy atom. The maximum atomic E-state index is 13.7. The lowest BCUT2D eigenvalue weighted by molar-refractivity contribution is -0.117. The molecule has 26 heavy (non-hydrogen) atoms. The molecule has 2 rings (SSSR count). The third kappa shape index (κ3) is 5.96. The molecule has 0 aliphatic heterocycles. The Bertz CT molecular complexity index is 926. The minimum absolute atomic E-state index is 0.185. The highest BCUT2D eigenvalue weighted by molar-refractivity contribution is 7.92. The fourth-order valence-electron chi connectivity index (χ4n) is 2.24. The van der Waals surface area contributed by atoms with Crippen LogP contribution in [0.5, 0.6) is 0 Å². The molecule has 138 valence electrons. The van der Waals surface area contributed by atoms with Gasteiger partial charge in [0.15, 0.2) is 0 Å². The van der Waals surface area contributed by atoms with Gasteiger partial charge in [-0.05, 0) is 36.8 Å². The van der Waals surface area contributed by atoms with Crippen LogP contribution in [0.4, 0.5) is 14.5 Å². The third-order valence-electron chi connectivity index (χ3n) is 3.43. The molecule has 0 fully saturated rings. The molecular weight excluding hydrogens is 362 g/mol. The molecule has 1 atom stereocenters. The number of rotatable bonds is 6. The van der Waals surface area contributed by atoms with Crippen LogP contribution in [0.1, 0.15) is 24.1 Å². The number of nitrogens with one attached hydrogen (secondary N) is 2. The Kier molecular flexibility index (Phi) is 6.10. The molecule has 0 aromatic heterocycles. The largest absolute Gasteiger partial charge is 0.346 e. The van der Waals surface area contributed by atoms with E-state index in [0.717, 1.165) is 18.4 Å². The van der Waals surface area contributed by atoms with Gasteiger partial charge < -0.3 is 5.32 Å². The second-order valence-electron chi connectivity index (χ2n) is 5.73. The summed E-state index contributed by atoms with van der Waals surface area (Å²) in [5.41, 5.74) is 1.28. The SMILES string of the molecule is CC(NC(=O)/C=C/c1ccc(NS(C)(=O)=O)cc1)c1ccc(F)cc1F. The van der Waals surface area contributed by atoms with E-state index in [4.69, 9.17) is 0 Å². The van der Waals surface area contributed by atoms with E-state index in [-0.39, 0.29) is 5.56 Å². The second-order valence-corrected chi connectivity index (χ2v) is 7.47. The van der Waals surface area contributed by atoms with Crippen LogP contribution in [0.3, 0.4) is 0 Å². The normalized spacial score (nSPS) is 12.8. The van der Waals surface area contributed by atoms with E-state index in [1.165, 1.54) is 18.2 Å². The van der Waals surface area contributed by atoms with Gasteiger partial charge in [0, 0.05) is 23.4 Å². The Morgan fingerprint density at radius 1 is 1.12 bits per heavy atom. The number of carbonyl (C=O) groups excluding carboxylic acids is 1. The van der Waals surface area contributed by atoms with Crippen molar-refractivity contribution in [2.75, 3.05) is 11.0 Å². The highest BCUT2D eigenvalue weighted by atomic mass is 32.2.